The van der Waals surface area contributed by atoms with Gasteiger partial charge in [0.1, 0.15) is 5.82 Å². The second-order valence-electron chi connectivity index (χ2n) is 7.80. The number of carbonyl (C=O) groups is 1. The first-order valence-electron chi connectivity index (χ1n) is 9.87. The zero-order valence-electron chi connectivity index (χ0n) is 17.9. The fourth-order valence-corrected chi connectivity index (χ4v) is 3.31. The number of fused-ring (bicyclic) bond motifs is 1. The number of carbonyl (C=O) groups excluding carboxylic acids is 1. The molecule has 7 nitrogen and oxygen atoms in total. The Bertz CT molecular complexity index is 1240. The number of rotatable bonds is 6. The summed E-state index contributed by atoms with van der Waals surface area (Å²) in [4.78, 5) is 25.5. The minimum Gasteiger partial charge on any atom is -0.371 e. The molecule has 0 aliphatic carbocycles. The molecule has 1 amide bonds. The molecule has 0 saturated carbocycles. The number of aromatic nitrogens is 1. The van der Waals surface area contributed by atoms with Crippen LogP contribution < -0.4 is 15.8 Å². The van der Waals surface area contributed by atoms with Gasteiger partial charge in [0.05, 0.1) is 23.3 Å². The molecule has 0 bridgehead atoms. The second-order valence-corrected chi connectivity index (χ2v) is 7.80. The van der Waals surface area contributed by atoms with Crippen LogP contribution in [0.15, 0.2) is 51.8 Å². The molecule has 1 heterocycles. The molecule has 2 N–H and O–H groups in total. The summed E-state index contributed by atoms with van der Waals surface area (Å²) in [6, 6.07) is 8.16. The van der Waals surface area contributed by atoms with Crippen LogP contribution in [0.5, 0.6) is 0 Å². The van der Waals surface area contributed by atoms with Gasteiger partial charge in [0.25, 0.3) is 11.5 Å². The Kier molecular flexibility index (Phi) is 6.46. The third kappa shape index (κ3) is 4.68. The van der Waals surface area contributed by atoms with Crippen LogP contribution in [0.4, 0.5) is 28.9 Å². The summed E-state index contributed by atoms with van der Waals surface area (Å²) in [5, 5.41) is 16.6. The lowest BCUT2D eigenvalue weighted by atomic mass is 9.99. The van der Waals surface area contributed by atoms with Crippen molar-refractivity contribution >= 4 is 28.1 Å². The average Bonchev–Trinajstić information content (AvgIpc) is 2.74. The Morgan fingerprint density at radius 1 is 1.18 bits per heavy atom. The number of halogens is 4. The monoisotopic (exact) mass is 467 g/mol. The van der Waals surface area contributed by atoms with E-state index in [0.717, 1.165) is 11.0 Å². The van der Waals surface area contributed by atoms with Crippen LogP contribution in [0.3, 0.4) is 0 Å². The highest BCUT2D eigenvalue weighted by Gasteiger charge is 2.60. The first kappa shape index (κ1) is 24.2. The van der Waals surface area contributed by atoms with Gasteiger partial charge in [-0.3, -0.25) is 4.79 Å². The first-order valence-corrected chi connectivity index (χ1v) is 9.87. The quantitative estimate of drug-likeness (QED) is 0.536. The number of benzene rings is 2. The van der Waals surface area contributed by atoms with Crippen molar-refractivity contribution in [2.75, 3.05) is 16.8 Å². The highest BCUT2D eigenvalue weighted by atomic mass is 19.4. The summed E-state index contributed by atoms with van der Waals surface area (Å²) >= 11 is 0. The Labute approximate surface area is 185 Å². The first-order chi connectivity index (χ1) is 15.3. The average molecular weight is 467 g/mol. The van der Waals surface area contributed by atoms with E-state index < -0.39 is 41.7 Å². The molecule has 2 aromatic carbocycles. The Morgan fingerprint density at radius 2 is 1.85 bits per heavy atom. The summed E-state index contributed by atoms with van der Waals surface area (Å²) < 4.78 is 60.8. The van der Waals surface area contributed by atoms with Crippen LogP contribution in [0.1, 0.15) is 19.5 Å². The van der Waals surface area contributed by atoms with Gasteiger partial charge in [0.2, 0.25) is 0 Å². The number of nitrogens with zero attached hydrogens (tertiary/aromatic N) is 2. The van der Waals surface area contributed by atoms with Gasteiger partial charge >= 0.3 is 11.8 Å². The van der Waals surface area contributed by atoms with E-state index in [9.17, 15) is 32.3 Å². The van der Waals surface area contributed by atoms with Crippen molar-refractivity contribution < 1.29 is 32.0 Å². The summed E-state index contributed by atoms with van der Waals surface area (Å²) in [6.45, 7) is 3.27. The highest BCUT2D eigenvalue weighted by molar-refractivity contribution is 6.00. The summed E-state index contributed by atoms with van der Waals surface area (Å²) in [5.41, 5.74) is -4.65. The highest BCUT2D eigenvalue weighted by Crippen LogP contribution is 2.35. The summed E-state index contributed by atoms with van der Waals surface area (Å²) in [7, 11) is 0. The molecule has 0 radical (unpaired) electrons. The van der Waals surface area contributed by atoms with Gasteiger partial charge in [0, 0.05) is 17.1 Å². The smallest absolute Gasteiger partial charge is 0.371 e. The van der Waals surface area contributed by atoms with Crippen molar-refractivity contribution in [2.24, 2.45) is 0 Å². The summed E-state index contributed by atoms with van der Waals surface area (Å²) in [5.74, 6) is -2.56. The zero-order valence-corrected chi connectivity index (χ0v) is 17.9. The number of amides is 1. The number of hydrogen-bond acceptors (Lipinski definition) is 6. The van der Waals surface area contributed by atoms with Crippen molar-refractivity contribution in [2.45, 2.75) is 38.6 Å². The predicted molar refractivity (Wildman–Crippen MR) is 114 cm³/mol. The molecular weight excluding hydrogens is 446 g/mol. The van der Waals surface area contributed by atoms with Crippen molar-refractivity contribution in [3.8, 4) is 0 Å². The molecule has 0 saturated heterocycles. The number of para-hydroxylation sites is 1. The third-order valence-corrected chi connectivity index (χ3v) is 5.18. The SMILES string of the molecule is Cc1noc(=O)c2ccc(NC(=O)C(O)(CN(c3ccccc3F)C(C)C)C(F)(F)F)cc12. The van der Waals surface area contributed by atoms with Crippen LogP contribution in [0.2, 0.25) is 0 Å². The van der Waals surface area contributed by atoms with E-state index in [1.165, 1.54) is 57.2 Å². The van der Waals surface area contributed by atoms with E-state index in [2.05, 4.69) is 9.68 Å². The molecule has 0 aliphatic rings. The Balaban J connectivity index is 1.99. The maximum absolute atomic E-state index is 14.3. The maximum Gasteiger partial charge on any atom is 0.428 e. The van der Waals surface area contributed by atoms with Gasteiger partial charge in [0.15, 0.2) is 0 Å². The fraction of sp³-hybridized carbons (Fsp3) is 0.318. The standard InChI is InChI=1S/C22H21F4N3O4/c1-12(2)29(18-7-5-4-6-17(18)23)11-21(32,22(24,25)26)20(31)27-14-8-9-15-16(10-14)13(3)28-33-19(15)30/h4-10,12,32H,11H2,1-3H3,(H,27,31). The molecule has 3 aromatic rings. The molecular formula is C22H21F4N3O4. The van der Waals surface area contributed by atoms with Crippen LogP contribution >= 0.6 is 0 Å². The molecule has 0 spiro atoms. The lowest BCUT2D eigenvalue weighted by molar-refractivity contribution is -0.245. The molecule has 1 aromatic heterocycles. The Morgan fingerprint density at radius 3 is 2.45 bits per heavy atom. The zero-order chi connectivity index (χ0) is 24.6. The topological polar surface area (TPSA) is 95.7 Å². The van der Waals surface area contributed by atoms with Crippen molar-refractivity contribution in [1.82, 2.24) is 5.16 Å². The Hall–Kier alpha value is -3.47. The van der Waals surface area contributed by atoms with E-state index in [1.807, 2.05) is 5.32 Å². The molecule has 0 fully saturated rings. The van der Waals surface area contributed by atoms with Crippen LogP contribution in [-0.2, 0) is 4.79 Å². The van der Waals surface area contributed by atoms with Crippen LogP contribution in [0, 0.1) is 12.7 Å². The van der Waals surface area contributed by atoms with Gasteiger partial charge < -0.3 is 19.8 Å². The number of nitrogens with one attached hydrogen (secondary N) is 1. The van der Waals surface area contributed by atoms with Gasteiger partial charge in [-0.2, -0.15) is 13.2 Å². The van der Waals surface area contributed by atoms with E-state index in [4.69, 9.17) is 0 Å². The molecule has 1 atom stereocenters. The second kappa shape index (κ2) is 8.81. The van der Waals surface area contributed by atoms with Crippen LogP contribution in [0.25, 0.3) is 10.8 Å². The third-order valence-electron chi connectivity index (χ3n) is 5.18. The fourth-order valence-electron chi connectivity index (χ4n) is 3.31. The molecule has 176 valence electrons. The number of hydrogen-bond donors (Lipinski definition) is 2. The number of alkyl halides is 3. The van der Waals surface area contributed by atoms with E-state index >= 15 is 0 Å². The van der Waals surface area contributed by atoms with Gasteiger partial charge in [-0.15, -0.1) is 0 Å². The number of aryl methyl sites for hydroxylation is 1. The number of aliphatic hydroxyl groups is 1. The molecule has 33 heavy (non-hydrogen) atoms. The van der Waals surface area contributed by atoms with E-state index in [0.29, 0.717) is 0 Å². The summed E-state index contributed by atoms with van der Waals surface area (Å²) in [6.07, 6.45) is -5.38. The molecule has 0 aliphatic heterocycles. The van der Waals surface area contributed by atoms with Crippen LogP contribution in [-0.4, -0.2) is 40.5 Å². The molecule has 1 unspecified atom stereocenters. The van der Waals surface area contributed by atoms with Gasteiger partial charge in [-0.05, 0) is 51.1 Å². The normalized spacial score (nSPS) is 13.7. The van der Waals surface area contributed by atoms with Crippen molar-refractivity contribution in [1.29, 1.82) is 0 Å². The van der Waals surface area contributed by atoms with E-state index in [-0.39, 0.29) is 27.8 Å². The molecule has 3 rings (SSSR count). The lowest BCUT2D eigenvalue weighted by Crippen LogP contribution is -2.62. The van der Waals surface area contributed by atoms with Crippen molar-refractivity contribution in [3.05, 3.63) is 64.4 Å². The van der Waals surface area contributed by atoms with Gasteiger partial charge in [-0.25, -0.2) is 9.18 Å². The van der Waals surface area contributed by atoms with Gasteiger partial charge in [-0.1, -0.05) is 17.3 Å². The largest absolute Gasteiger partial charge is 0.428 e. The minimum atomic E-state index is -5.38. The van der Waals surface area contributed by atoms with E-state index in [1.54, 1.807) is 0 Å². The van der Waals surface area contributed by atoms with Crippen molar-refractivity contribution in [3.63, 3.8) is 0 Å². The predicted octanol–water partition coefficient (Wildman–Crippen LogP) is 3.78. The molecule has 11 heteroatoms. The minimum absolute atomic E-state index is 0.104. The number of anilines is 2. The maximum atomic E-state index is 14.3. The lowest BCUT2D eigenvalue weighted by Gasteiger charge is -2.37.